The van der Waals surface area contributed by atoms with Crippen LogP contribution in [0.25, 0.3) is 11.1 Å². The molecule has 0 atom stereocenters. The molecule has 2 aliphatic heterocycles. The molecule has 1 amide bonds. The molecule has 1 saturated heterocycles. The Morgan fingerprint density at radius 2 is 2.00 bits per heavy atom. The SMILES string of the molecule is O=C(Cc1ccc2c(c1)CCO2)N1CCC(c2nc3ccccc3o2)CC1. The zero-order valence-electron chi connectivity index (χ0n) is 15.2. The summed E-state index contributed by atoms with van der Waals surface area (Å²) in [6.45, 7) is 2.27. The zero-order chi connectivity index (χ0) is 18.2. The molecule has 1 fully saturated rings. The van der Waals surface area contributed by atoms with E-state index in [0.717, 1.165) is 67.3 Å². The van der Waals surface area contributed by atoms with Crippen LogP contribution < -0.4 is 4.74 Å². The molecule has 0 saturated carbocycles. The predicted octanol–water partition coefficient (Wildman–Crippen LogP) is 3.71. The van der Waals surface area contributed by atoms with E-state index in [1.807, 2.05) is 41.3 Å². The molecule has 0 N–H and O–H groups in total. The number of nitrogens with zero attached hydrogens (tertiary/aromatic N) is 2. The van der Waals surface area contributed by atoms with Gasteiger partial charge in [-0.3, -0.25) is 4.79 Å². The Balaban J connectivity index is 1.21. The Hall–Kier alpha value is -2.82. The van der Waals surface area contributed by atoms with Gasteiger partial charge in [0.2, 0.25) is 5.91 Å². The first-order valence-corrected chi connectivity index (χ1v) is 9.64. The van der Waals surface area contributed by atoms with Crippen molar-refractivity contribution in [3.05, 3.63) is 59.5 Å². The minimum absolute atomic E-state index is 0.199. The van der Waals surface area contributed by atoms with Gasteiger partial charge in [-0.2, -0.15) is 0 Å². The van der Waals surface area contributed by atoms with Gasteiger partial charge in [0.25, 0.3) is 0 Å². The number of rotatable bonds is 3. The number of fused-ring (bicyclic) bond motifs is 2. The quantitative estimate of drug-likeness (QED) is 0.713. The summed E-state index contributed by atoms with van der Waals surface area (Å²) in [7, 11) is 0. The minimum Gasteiger partial charge on any atom is -0.493 e. The number of piperidine rings is 1. The number of likely N-dealkylation sites (tertiary alicyclic amines) is 1. The van der Waals surface area contributed by atoms with Crippen LogP contribution in [0.2, 0.25) is 0 Å². The Labute approximate surface area is 157 Å². The van der Waals surface area contributed by atoms with Crippen LogP contribution in [-0.4, -0.2) is 35.5 Å². The highest BCUT2D eigenvalue weighted by molar-refractivity contribution is 5.79. The van der Waals surface area contributed by atoms with Gasteiger partial charge in [0.05, 0.1) is 13.0 Å². The monoisotopic (exact) mass is 362 g/mol. The lowest BCUT2D eigenvalue weighted by molar-refractivity contribution is -0.131. The highest BCUT2D eigenvalue weighted by Gasteiger charge is 2.27. The van der Waals surface area contributed by atoms with Crippen LogP contribution in [0.3, 0.4) is 0 Å². The third-order valence-electron chi connectivity index (χ3n) is 5.62. The van der Waals surface area contributed by atoms with Crippen molar-refractivity contribution in [3.8, 4) is 5.75 Å². The van der Waals surface area contributed by atoms with E-state index in [-0.39, 0.29) is 5.91 Å². The van der Waals surface area contributed by atoms with Gasteiger partial charge in [0.1, 0.15) is 11.3 Å². The average molecular weight is 362 g/mol. The smallest absolute Gasteiger partial charge is 0.226 e. The third-order valence-corrected chi connectivity index (χ3v) is 5.62. The summed E-state index contributed by atoms with van der Waals surface area (Å²) in [5.74, 6) is 2.26. The predicted molar refractivity (Wildman–Crippen MR) is 102 cm³/mol. The van der Waals surface area contributed by atoms with Crippen molar-refractivity contribution in [2.75, 3.05) is 19.7 Å². The van der Waals surface area contributed by atoms with E-state index in [2.05, 4.69) is 11.1 Å². The molecule has 5 heteroatoms. The average Bonchev–Trinajstić information content (AvgIpc) is 3.34. The van der Waals surface area contributed by atoms with Crippen LogP contribution in [0, 0.1) is 0 Å². The Morgan fingerprint density at radius 3 is 2.85 bits per heavy atom. The molecule has 2 aromatic carbocycles. The van der Waals surface area contributed by atoms with Gasteiger partial charge < -0.3 is 14.1 Å². The Morgan fingerprint density at radius 1 is 1.15 bits per heavy atom. The molecule has 0 aliphatic carbocycles. The lowest BCUT2D eigenvalue weighted by Gasteiger charge is -2.30. The van der Waals surface area contributed by atoms with Crippen LogP contribution in [0.1, 0.15) is 35.8 Å². The molecular weight excluding hydrogens is 340 g/mol. The highest BCUT2D eigenvalue weighted by atomic mass is 16.5. The summed E-state index contributed by atoms with van der Waals surface area (Å²) in [5, 5.41) is 0. The van der Waals surface area contributed by atoms with E-state index in [0.29, 0.717) is 12.3 Å². The van der Waals surface area contributed by atoms with Crippen LogP contribution >= 0.6 is 0 Å². The highest BCUT2D eigenvalue weighted by Crippen LogP contribution is 2.30. The summed E-state index contributed by atoms with van der Waals surface area (Å²) in [4.78, 5) is 19.3. The minimum atomic E-state index is 0.199. The second kappa shape index (κ2) is 6.72. The maximum absolute atomic E-state index is 12.7. The molecular formula is C22H22N2O3. The summed E-state index contributed by atoms with van der Waals surface area (Å²) in [5.41, 5.74) is 4.04. The number of carbonyl (C=O) groups is 1. The van der Waals surface area contributed by atoms with Crippen molar-refractivity contribution in [2.24, 2.45) is 0 Å². The molecule has 5 nitrogen and oxygen atoms in total. The van der Waals surface area contributed by atoms with E-state index < -0.39 is 0 Å². The molecule has 3 heterocycles. The molecule has 3 aromatic rings. The number of benzene rings is 2. The summed E-state index contributed by atoms with van der Waals surface area (Å²) in [6.07, 6.45) is 3.20. The van der Waals surface area contributed by atoms with Crippen LogP contribution in [-0.2, 0) is 17.6 Å². The van der Waals surface area contributed by atoms with Gasteiger partial charge in [0, 0.05) is 25.4 Å². The standard InChI is InChI=1S/C22H22N2O3/c25-21(14-15-5-6-19-17(13-15)9-12-26-19)24-10-7-16(8-11-24)22-23-18-3-1-2-4-20(18)27-22/h1-6,13,16H,7-12,14H2. The maximum atomic E-state index is 12.7. The fourth-order valence-corrected chi connectivity index (χ4v) is 4.08. The lowest BCUT2D eigenvalue weighted by Crippen LogP contribution is -2.38. The number of para-hydroxylation sites is 2. The fourth-order valence-electron chi connectivity index (χ4n) is 4.08. The van der Waals surface area contributed by atoms with Gasteiger partial charge in [0.15, 0.2) is 11.5 Å². The summed E-state index contributed by atoms with van der Waals surface area (Å²) < 4.78 is 11.5. The second-order valence-corrected chi connectivity index (χ2v) is 7.39. The summed E-state index contributed by atoms with van der Waals surface area (Å²) in [6, 6.07) is 14.0. The van der Waals surface area contributed by atoms with E-state index in [4.69, 9.17) is 9.15 Å². The first-order valence-electron chi connectivity index (χ1n) is 9.64. The summed E-state index contributed by atoms with van der Waals surface area (Å²) >= 11 is 0. The topological polar surface area (TPSA) is 55.6 Å². The third kappa shape index (κ3) is 3.18. The van der Waals surface area contributed by atoms with E-state index >= 15 is 0 Å². The largest absolute Gasteiger partial charge is 0.493 e. The number of ether oxygens (including phenoxy) is 1. The van der Waals surface area contributed by atoms with Gasteiger partial charge in [-0.15, -0.1) is 0 Å². The molecule has 27 heavy (non-hydrogen) atoms. The first-order chi connectivity index (χ1) is 13.3. The van der Waals surface area contributed by atoms with Gasteiger partial charge >= 0.3 is 0 Å². The van der Waals surface area contributed by atoms with Crippen LogP contribution in [0.15, 0.2) is 46.9 Å². The van der Waals surface area contributed by atoms with Gasteiger partial charge in [-0.1, -0.05) is 24.3 Å². The number of hydrogen-bond acceptors (Lipinski definition) is 4. The lowest BCUT2D eigenvalue weighted by atomic mass is 9.96. The van der Waals surface area contributed by atoms with Gasteiger partial charge in [-0.25, -0.2) is 4.98 Å². The number of hydrogen-bond donors (Lipinski definition) is 0. The van der Waals surface area contributed by atoms with Gasteiger partial charge in [-0.05, 0) is 42.2 Å². The van der Waals surface area contributed by atoms with Crippen LogP contribution in [0.4, 0.5) is 0 Å². The number of oxazole rings is 1. The van der Waals surface area contributed by atoms with Crippen molar-refractivity contribution >= 4 is 17.0 Å². The molecule has 0 radical (unpaired) electrons. The van der Waals surface area contributed by atoms with E-state index in [9.17, 15) is 4.79 Å². The van der Waals surface area contributed by atoms with Crippen molar-refractivity contribution in [1.82, 2.24) is 9.88 Å². The number of aromatic nitrogens is 1. The van der Waals surface area contributed by atoms with Crippen molar-refractivity contribution < 1.29 is 13.9 Å². The molecule has 138 valence electrons. The fraction of sp³-hybridized carbons (Fsp3) is 0.364. The van der Waals surface area contributed by atoms with Crippen molar-refractivity contribution in [2.45, 2.75) is 31.6 Å². The number of amides is 1. The Bertz CT molecular complexity index is 953. The molecule has 5 rings (SSSR count). The normalized spacial score (nSPS) is 17.1. The molecule has 0 bridgehead atoms. The molecule has 1 aromatic heterocycles. The zero-order valence-corrected chi connectivity index (χ0v) is 15.2. The first kappa shape index (κ1) is 16.4. The molecule has 0 spiro atoms. The second-order valence-electron chi connectivity index (χ2n) is 7.39. The van der Waals surface area contributed by atoms with Crippen molar-refractivity contribution in [3.63, 3.8) is 0 Å². The van der Waals surface area contributed by atoms with E-state index in [1.165, 1.54) is 5.56 Å². The maximum Gasteiger partial charge on any atom is 0.226 e. The molecule has 2 aliphatic rings. The van der Waals surface area contributed by atoms with E-state index in [1.54, 1.807) is 0 Å². The molecule has 0 unspecified atom stereocenters. The van der Waals surface area contributed by atoms with Crippen LogP contribution in [0.5, 0.6) is 5.75 Å². The van der Waals surface area contributed by atoms with Crippen molar-refractivity contribution in [1.29, 1.82) is 0 Å². The number of carbonyl (C=O) groups excluding carboxylic acids is 1. The Kier molecular flexibility index (Phi) is 4.07.